The highest BCUT2D eigenvalue weighted by Gasteiger charge is 2.15. The normalized spacial score (nSPS) is 10.7. The third-order valence-electron chi connectivity index (χ3n) is 2.93. The third kappa shape index (κ3) is 2.57. The van der Waals surface area contributed by atoms with Gasteiger partial charge in [0.2, 0.25) is 5.82 Å². The van der Waals surface area contributed by atoms with Gasteiger partial charge in [0.15, 0.2) is 0 Å². The number of ether oxygens (including phenoxy) is 1. The molecule has 0 fully saturated rings. The molecule has 0 bridgehead atoms. The van der Waals surface area contributed by atoms with Gasteiger partial charge < -0.3 is 9.72 Å². The molecule has 1 aromatic carbocycles. The van der Waals surface area contributed by atoms with Crippen molar-refractivity contribution < 1.29 is 9.53 Å². The Kier molecular flexibility index (Phi) is 3.53. The number of aromatic nitrogens is 2. The number of aromatic amines is 1. The highest BCUT2D eigenvalue weighted by molar-refractivity contribution is 7.21. The molecule has 0 aliphatic carbocycles. The fourth-order valence-corrected chi connectivity index (χ4v) is 3.01. The zero-order valence-corrected chi connectivity index (χ0v) is 12.1. The van der Waals surface area contributed by atoms with E-state index in [1.807, 2.05) is 30.3 Å². The summed E-state index contributed by atoms with van der Waals surface area (Å²) in [5.74, 6) is -0.679. The van der Waals surface area contributed by atoms with Crippen molar-refractivity contribution in [2.45, 2.75) is 6.92 Å². The van der Waals surface area contributed by atoms with Crippen molar-refractivity contribution in [1.82, 2.24) is 9.97 Å². The smallest absolute Gasteiger partial charge is 0.374 e. The van der Waals surface area contributed by atoms with Crippen LogP contribution in [0.2, 0.25) is 0 Å². The van der Waals surface area contributed by atoms with Crippen LogP contribution in [0.15, 0.2) is 41.2 Å². The van der Waals surface area contributed by atoms with E-state index in [0.29, 0.717) is 10.2 Å². The maximum Gasteiger partial charge on any atom is 0.374 e. The summed E-state index contributed by atoms with van der Waals surface area (Å²) in [6.07, 6.45) is 0. The molecule has 3 rings (SSSR count). The lowest BCUT2D eigenvalue weighted by molar-refractivity contribution is 0.0512. The van der Waals surface area contributed by atoms with Crippen molar-refractivity contribution >= 4 is 27.5 Å². The van der Waals surface area contributed by atoms with Crippen LogP contribution in [0.5, 0.6) is 0 Å². The summed E-state index contributed by atoms with van der Waals surface area (Å²) in [6, 6.07) is 11.5. The summed E-state index contributed by atoms with van der Waals surface area (Å²) < 4.78 is 4.86. The molecule has 0 saturated heterocycles. The molecular formula is C15H12N2O3S. The summed E-state index contributed by atoms with van der Waals surface area (Å²) >= 11 is 1.38. The maximum absolute atomic E-state index is 12.1. The first kappa shape index (κ1) is 13.5. The van der Waals surface area contributed by atoms with E-state index >= 15 is 0 Å². The van der Waals surface area contributed by atoms with Crippen molar-refractivity contribution in [3.8, 4) is 10.4 Å². The summed E-state index contributed by atoms with van der Waals surface area (Å²) in [4.78, 5) is 31.8. The van der Waals surface area contributed by atoms with E-state index in [4.69, 9.17) is 4.74 Å². The number of thiophene rings is 1. The van der Waals surface area contributed by atoms with E-state index in [1.54, 1.807) is 13.0 Å². The standard InChI is InChI=1S/C15H12N2O3S/c1-2-20-15(19)12-16-13(18)10-8-11(21-14(10)17-12)9-6-4-3-5-7-9/h3-8H,2H2,1H3,(H,16,17,18). The monoisotopic (exact) mass is 300 g/mol. The molecule has 5 nitrogen and oxygen atoms in total. The highest BCUT2D eigenvalue weighted by Crippen LogP contribution is 2.30. The first-order valence-corrected chi connectivity index (χ1v) is 7.27. The van der Waals surface area contributed by atoms with Gasteiger partial charge in [-0.15, -0.1) is 11.3 Å². The lowest BCUT2D eigenvalue weighted by atomic mass is 10.2. The SMILES string of the molecule is CCOC(=O)c1nc2sc(-c3ccccc3)cc2c(=O)[nH]1. The van der Waals surface area contributed by atoms with Gasteiger partial charge in [0, 0.05) is 4.88 Å². The number of carbonyl (C=O) groups excluding carboxylic acids is 1. The van der Waals surface area contributed by atoms with Crippen LogP contribution in [0.3, 0.4) is 0 Å². The van der Waals surface area contributed by atoms with Gasteiger partial charge in [0.25, 0.3) is 5.56 Å². The van der Waals surface area contributed by atoms with Gasteiger partial charge in [-0.1, -0.05) is 30.3 Å². The van der Waals surface area contributed by atoms with Crippen LogP contribution in [0.1, 0.15) is 17.5 Å². The minimum absolute atomic E-state index is 0.0594. The lowest BCUT2D eigenvalue weighted by Crippen LogP contribution is -2.16. The topological polar surface area (TPSA) is 72.0 Å². The van der Waals surface area contributed by atoms with Gasteiger partial charge in [-0.05, 0) is 18.6 Å². The molecule has 0 radical (unpaired) electrons. The number of nitrogens with zero attached hydrogens (tertiary/aromatic N) is 1. The Bertz CT molecular complexity index is 852. The minimum atomic E-state index is -0.619. The molecule has 0 saturated carbocycles. The second kappa shape index (κ2) is 5.49. The first-order chi connectivity index (χ1) is 10.2. The molecule has 0 atom stereocenters. The molecule has 0 unspecified atom stereocenters. The van der Waals surface area contributed by atoms with Crippen LogP contribution < -0.4 is 5.56 Å². The summed E-state index contributed by atoms with van der Waals surface area (Å²) in [7, 11) is 0. The van der Waals surface area contributed by atoms with E-state index in [2.05, 4.69) is 9.97 Å². The van der Waals surface area contributed by atoms with E-state index in [9.17, 15) is 9.59 Å². The second-order valence-electron chi connectivity index (χ2n) is 4.33. The quantitative estimate of drug-likeness (QED) is 0.755. The number of carbonyl (C=O) groups is 1. The van der Waals surface area contributed by atoms with Crippen LogP contribution in [0, 0.1) is 0 Å². The van der Waals surface area contributed by atoms with Gasteiger partial charge >= 0.3 is 5.97 Å². The molecule has 2 aromatic heterocycles. The van der Waals surface area contributed by atoms with Crippen LogP contribution >= 0.6 is 11.3 Å². The summed E-state index contributed by atoms with van der Waals surface area (Å²) in [5.41, 5.74) is 0.680. The summed E-state index contributed by atoms with van der Waals surface area (Å²) in [6.45, 7) is 1.94. The Morgan fingerprint density at radius 1 is 1.33 bits per heavy atom. The van der Waals surface area contributed by atoms with Gasteiger partial charge in [-0.2, -0.15) is 0 Å². The summed E-state index contributed by atoms with van der Waals surface area (Å²) in [5, 5.41) is 0.479. The Labute approximate surface area is 124 Å². The van der Waals surface area contributed by atoms with Crippen molar-refractivity contribution in [2.24, 2.45) is 0 Å². The molecule has 0 spiro atoms. The zero-order chi connectivity index (χ0) is 14.8. The van der Waals surface area contributed by atoms with Crippen molar-refractivity contribution in [3.63, 3.8) is 0 Å². The van der Waals surface area contributed by atoms with Gasteiger partial charge in [-0.25, -0.2) is 9.78 Å². The molecule has 106 valence electrons. The van der Waals surface area contributed by atoms with Crippen molar-refractivity contribution in [3.05, 3.63) is 52.6 Å². The number of fused-ring (bicyclic) bond motifs is 1. The largest absolute Gasteiger partial charge is 0.460 e. The molecule has 21 heavy (non-hydrogen) atoms. The van der Waals surface area contributed by atoms with Gasteiger partial charge in [-0.3, -0.25) is 4.79 Å². The number of hydrogen-bond donors (Lipinski definition) is 1. The average molecular weight is 300 g/mol. The molecule has 2 heterocycles. The fourth-order valence-electron chi connectivity index (χ4n) is 1.97. The van der Waals surface area contributed by atoms with Crippen molar-refractivity contribution in [2.75, 3.05) is 6.61 Å². The number of benzene rings is 1. The van der Waals surface area contributed by atoms with Crippen LogP contribution in [0.25, 0.3) is 20.7 Å². The van der Waals surface area contributed by atoms with E-state index in [-0.39, 0.29) is 18.0 Å². The maximum atomic E-state index is 12.1. The average Bonchev–Trinajstić information content (AvgIpc) is 2.93. The molecule has 0 aliphatic rings. The predicted octanol–water partition coefficient (Wildman–Crippen LogP) is 2.83. The van der Waals surface area contributed by atoms with Crippen LogP contribution in [0.4, 0.5) is 0 Å². The first-order valence-electron chi connectivity index (χ1n) is 6.45. The van der Waals surface area contributed by atoms with E-state index in [0.717, 1.165) is 10.4 Å². The van der Waals surface area contributed by atoms with Gasteiger partial charge in [0.05, 0.1) is 12.0 Å². The third-order valence-corrected chi connectivity index (χ3v) is 4.01. The number of H-pyrrole nitrogens is 1. The number of hydrogen-bond acceptors (Lipinski definition) is 5. The molecule has 6 heteroatoms. The lowest BCUT2D eigenvalue weighted by Gasteiger charge is -1.99. The number of rotatable bonds is 3. The predicted molar refractivity (Wildman–Crippen MR) is 81.6 cm³/mol. The Morgan fingerprint density at radius 3 is 2.81 bits per heavy atom. The fraction of sp³-hybridized carbons (Fsp3) is 0.133. The Hall–Kier alpha value is -2.47. The van der Waals surface area contributed by atoms with E-state index in [1.165, 1.54) is 11.3 Å². The molecule has 3 aromatic rings. The molecular weight excluding hydrogens is 288 g/mol. The minimum Gasteiger partial charge on any atom is -0.460 e. The van der Waals surface area contributed by atoms with Crippen LogP contribution in [-0.2, 0) is 4.74 Å². The molecule has 0 amide bonds. The Balaban J connectivity index is 2.12. The number of nitrogens with one attached hydrogen (secondary N) is 1. The van der Waals surface area contributed by atoms with Gasteiger partial charge in [0.1, 0.15) is 4.83 Å². The zero-order valence-electron chi connectivity index (χ0n) is 11.3. The van der Waals surface area contributed by atoms with Crippen molar-refractivity contribution in [1.29, 1.82) is 0 Å². The molecule has 0 aliphatic heterocycles. The number of esters is 1. The highest BCUT2D eigenvalue weighted by atomic mass is 32.1. The van der Waals surface area contributed by atoms with Crippen LogP contribution in [-0.4, -0.2) is 22.5 Å². The second-order valence-corrected chi connectivity index (χ2v) is 5.36. The molecule has 1 N–H and O–H groups in total. The van der Waals surface area contributed by atoms with E-state index < -0.39 is 5.97 Å². The Morgan fingerprint density at radius 2 is 2.10 bits per heavy atom.